The van der Waals surface area contributed by atoms with Crippen LogP contribution in [0.4, 0.5) is 4.79 Å². The zero-order chi connectivity index (χ0) is 87.9. The van der Waals surface area contributed by atoms with Crippen LogP contribution < -0.4 is 16.0 Å². The first-order chi connectivity index (χ1) is 55.3. The molecule has 0 aromatic heterocycles. The van der Waals surface area contributed by atoms with E-state index in [2.05, 4.69) is 16.0 Å². The number of rotatable bonds is 45. The highest BCUT2D eigenvalue weighted by molar-refractivity contribution is 5.90. The Labute approximate surface area is 699 Å². The highest BCUT2D eigenvalue weighted by atomic mass is 16.6. The van der Waals surface area contributed by atoms with Gasteiger partial charge in [-0.15, -0.1) is 0 Å². The zero-order valence-corrected chi connectivity index (χ0v) is 75.8. The third-order valence-corrected chi connectivity index (χ3v) is 23.3. The molecule has 0 bridgehead atoms. The first-order valence-electron chi connectivity index (χ1n) is 41.9. The maximum absolute atomic E-state index is 16.4. The Bertz CT molecular complexity index is 3480. The molecule has 0 saturated carbocycles. The molecule has 4 rings (SSSR count). The summed E-state index contributed by atoms with van der Waals surface area (Å²) in [5.74, 6) is -5.27. The molecule has 7 amide bonds. The number of carbonyl (C=O) groups excluding carboxylic acids is 9. The number of likely N-dealkylation sites (tertiary alicyclic amines) is 2. The zero-order valence-electron chi connectivity index (χ0n) is 75.8. The third-order valence-electron chi connectivity index (χ3n) is 23.3. The van der Waals surface area contributed by atoms with Crippen molar-refractivity contribution in [3.63, 3.8) is 0 Å². The van der Waals surface area contributed by atoms with Crippen LogP contribution in [-0.4, -0.2) is 340 Å². The van der Waals surface area contributed by atoms with Crippen LogP contribution in [0.2, 0.25) is 0 Å². The van der Waals surface area contributed by atoms with Crippen molar-refractivity contribution in [2.45, 2.75) is 232 Å². The summed E-state index contributed by atoms with van der Waals surface area (Å²) in [4.78, 5) is 158. The maximum Gasteiger partial charge on any atom is 0.410 e. The Morgan fingerprint density at radius 3 is 1.32 bits per heavy atom. The molecule has 2 aromatic carbocycles. The number of likely N-dealkylation sites (N-methyl/N-ethyl adjacent to an activating group) is 6. The minimum atomic E-state index is -1.10. The van der Waals surface area contributed by atoms with E-state index in [-0.39, 0.29) is 73.6 Å². The summed E-state index contributed by atoms with van der Waals surface area (Å²) in [6, 6.07) is 12.2. The summed E-state index contributed by atoms with van der Waals surface area (Å²) in [7, 11) is 27.0. The summed E-state index contributed by atoms with van der Waals surface area (Å²) in [6.07, 6.45) is 0.474. The van der Waals surface area contributed by atoms with Crippen molar-refractivity contribution in [1.82, 2.24) is 60.0 Å². The van der Waals surface area contributed by atoms with E-state index >= 15 is 19.2 Å². The van der Waals surface area contributed by atoms with E-state index in [0.717, 1.165) is 11.1 Å². The first-order valence-corrected chi connectivity index (χ1v) is 41.9. The van der Waals surface area contributed by atoms with E-state index in [1.165, 1.54) is 33.3 Å². The van der Waals surface area contributed by atoms with Crippen molar-refractivity contribution >= 4 is 65.4 Å². The highest BCUT2D eigenvalue weighted by Crippen LogP contribution is 2.36. The monoisotopic (exact) mass is 1650 g/mol. The summed E-state index contributed by atoms with van der Waals surface area (Å²) >= 11 is 0. The minimum Gasteiger partial charge on any atom is -0.467 e. The standard InChI is InChI=1S/C87H148N14O16/c1-28-57(5)74(68(111-22)54-70(102)100-47-36-42-66(100)76(113-24)59(7)78(104)89-64(82(108)115-26)52-61-38-32-30-33-39-61)98(20)81(107)73(92-85(94(15)16)96(18)50-51-97(19)86(110)117-87(9,10)11)58(6)44-45-63(29-2)75(99(21)80(106)72(56(3)4)91-84(93(13)14)95(17)49-46-88-12)69(112-23)55-71(103)101-48-37-43-67(101)77(114-25)60(8)79(105)90-65(83(109)116-27)53-62-40-34-31-35-41-62/h30-35,38-41,56-60,63-69,72-77,88H,28-29,36-37,42-55H2,1-27H3,(H,89,104)(H,90,105)/t57-,58?,59+,60+,63+,64-,65-,66-,67-,68+,69+,72-,73-,74-,75-,76+,77+/m0/s1. The molecular weight excluding hydrogens is 1500 g/mol. The Morgan fingerprint density at radius 1 is 0.521 bits per heavy atom. The molecular formula is C87H148N14O16. The van der Waals surface area contributed by atoms with Gasteiger partial charge in [0.15, 0.2) is 11.9 Å². The largest absolute Gasteiger partial charge is 0.467 e. The van der Waals surface area contributed by atoms with Crippen LogP contribution in [0, 0.1) is 35.5 Å². The summed E-state index contributed by atoms with van der Waals surface area (Å²) in [5, 5.41) is 9.03. The Hall–Kier alpha value is -8.19. The SMILES string of the molecule is CC[C@H](CCC(C)[C@H](N=C(N(C)C)N(C)CCN(C)C(=O)OC(C)(C)C)C(=O)N(C)[C@@H]([C@@H](C)CC)[C@@H](CC(=O)N1CCC[C@H]1[C@H](OC)[C@@H](C)C(=O)N[C@@H](Cc1ccccc1)C(=O)OC)OC)[C@@H]([C@@H](CC(=O)N1CCC[C@H]1[C@H](OC)[C@@H](C)C(=O)N[C@@H](Cc1ccccc1)C(=O)OC)OC)N(C)C(=O)[C@@H](N=C(N(C)C)N(C)CCNC)C(C)C. The molecule has 17 atom stereocenters. The van der Waals surface area contributed by atoms with Gasteiger partial charge in [0.2, 0.25) is 35.4 Å². The molecule has 2 heterocycles. The smallest absolute Gasteiger partial charge is 0.410 e. The first kappa shape index (κ1) is 101. The van der Waals surface area contributed by atoms with E-state index in [4.69, 9.17) is 43.1 Å². The van der Waals surface area contributed by atoms with Gasteiger partial charge in [0.05, 0.1) is 87.5 Å². The minimum absolute atomic E-state index is 0.129. The van der Waals surface area contributed by atoms with E-state index in [1.54, 1.807) is 89.6 Å². The van der Waals surface area contributed by atoms with E-state index < -0.39 is 126 Å². The number of esters is 2. The predicted octanol–water partition coefficient (Wildman–Crippen LogP) is 7.20. The third kappa shape index (κ3) is 29.3. The number of ether oxygens (including phenoxy) is 7. The van der Waals surface area contributed by atoms with Crippen LogP contribution in [-0.2, 0) is 84.4 Å². The van der Waals surface area contributed by atoms with Crippen molar-refractivity contribution in [3.05, 3.63) is 71.8 Å². The molecule has 3 N–H and O–H groups in total. The number of nitrogens with one attached hydrogen (secondary N) is 3. The number of methoxy groups -OCH3 is 6. The van der Waals surface area contributed by atoms with Crippen molar-refractivity contribution in [3.8, 4) is 0 Å². The van der Waals surface area contributed by atoms with Gasteiger partial charge in [-0.3, -0.25) is 28.8 Å². The number of guanidine groups is 2. The van der Waals surface area contributed by atoms with Gasteiger partial charge in [-0.25, -0.2) is 24.4 Å². The van der Waals surface area contributed by atoms with Gasteiger partial charge in [0.25, 0.3) is 0 Å². The van der Waals surface area contributed by atoms with Gasteiger partial charge >= 0.3 is 18.0 Å². The molecule has 2 fully saturated rings. The lowest BCUT2D eigenvalue weighted by Crippen LogP contribution is -2.56. The average molecular weight is 1650 g/mol. The number of nitrogens with zero attached hydrogens (tertiary/aromatic N) is 11. The van der Waals surface area contributed by atoms with E-state index in [9.17, 15) is 24.0 Å². The van der Waals surface area contributed by atoms with Crippen LogP contribution in [0.3, 0.4) is 0 Å². The fourth-order valence-electron chi connectivity index (χ4n) is 16.4. The predicted molar refractivity (Wildman–Crippen MR) is 456 cm³/mol. The second-order valence-electron chi connectivity index (χ2n) is 33.7. The Morgan fingerprint density at radius 2 is 0.932 bits per heavy atom. The molecule has 662 valence electrons. The quantitative estimate of drug-likeness (QED) is 0.0255. The fourth-order valence-corrected chi connectivity index (χ4v) is 16.4. The molecule has 2 aromatic rings. The molecule has 2 aliphatic heterocycles. The van der Waals surface area contributed by atoms with Gasteiger partial charge in [0, 0.05) is 144 Å². The number of amides is 7. The van der Waals surface area contributed by atoms with Gasteiger partial charge in [-0.1, -0.05) is 129 Å². The number of hydrogen-bond donors (Lipinski definition) is 3. The van der Waals surface area contributed by atoms with Gasteiger partial charge in [-0.05, 0) is 101 Å². The topological polar surface area (TPSA) is 308 Å². The molecule has 2 saturated heterocycles. The molecule has 30 nitrogen and oxygen atoms in total. The lowest BCUT2D eigenvalue weighted by Gasteiger charge is -2.42. The molecule has 1 unspecified atom stereocenters. The lowest BCUT2D eigenvalue weighted by atomic mass is 9.82. The summed E-state index contributed by atoms with van der Waals surface area (Å²) < 4.78 is 41.3. The highest BCUT2D eigenvalue weighted by Gasteiger charge is 2.47. The van der Waals surface area contributed by atoms with Crippen LogP contribution in [0.5, 0.6) is 0 Å². The number of aliphatic imine (C=N–C) groups is 2. The molecule has 0 spiro atoms. The average Bonchev–Trinajstić information content (AvgIpc) is 1.79. The second-order valence-corrected chi connectivity index (χ2v) is 33.7. The van der Waals surface area contributed by atoms with Gasteiger partial charge in [0.1, 0.15) is 29.8 Å². The van der Waals surface area contributed by atoms with Crippen LogP contribution >= 0.6 is 0 Å². The van der Waals surface area contributed by atoms with Gasteiger partial charge in [-0.2, -0.15) is 0 Å². The lowest BCUT2D eigenvalue weighted by molar-refractivity contribution is -0.148. The maximum atomic E-state index is 16.4. The van der Waals surface area contributed by atoms with Crippen LogP contribution in [0.1, 0.15) is 151 Å². The molecule has 0 aliphatic carbocycles. The van der Waals surface area contributed by atoms with Crippen LogP contribution in [0.15, 0.2) is 70.6 Å². The second kappa shape index (κ2) is 49.4. The van der Waals surface area contributed by atoms with Crippen molar-refractivity contribution < 1.29 is 76.3 Å². The van der Waals surface area contributed by atoms with Crippen LogP contribution in [0.25, 0.3) is 0 Å². The number of hydrogen-bond acceptors (Lipinski definition) is 19. The summed E-state index contributed by atoms with van der Waals surface area (Å²) in [6.45, 7) is 23.4. The van der Waals surface area contributed by atoms with Crippen molar-refractivity contribution in [2.24, 2.45) is 45.5 Å². The number of carbonyl (C=O) groups is 9. The Balaban J connectivity index is 1.87. The van der Waals surface area contributed by atoms with E-state index in [0.29, 0.717) is 96.0 Å². The molecule has 2 aliphatic rings. The molecule has 117 heavy (non-hydrogen) atoms. The molecule has 0 radical (unpaired) electrons. The number of benzene rings is 2. The summed E-state index contributed by atoms with van der Waals surface area (Å²) in [5.41, 5.74) is 0.925. The van der Waals surface area contributed by atoms with Crippen molar-refractivity contribution in [2.75, 3.05) is 152 Å². The van der Waals surface area contributed by atoms with Gasteiger partial charge < -0.3 is 93.2 Å². The normalized spacial score (nSPS) is 18.5. The van der Waals surface area contributed by atoms with E-state index in [1.807, 2.05) is 171 Å². The molecule has 30 heteroatoms. The van der Waals surface area contributed by atoms with Crippen molar-refractivity contribution in [1.29, 1.82) is 0 Å². The fraction of sp³-hybridized carbons (Fsp3) is 0.736. The Kier molecular flexibility index (Phi) is 42.7.